The summed E-state index contributed by atoms with van der Waals surface area (Å²) in [5, 5.41) is 3.59. The van der Waals surface area contributed by atoms with E-state index in [1.54, 1.807) is 0 Å². The van der Waals surface area contributed by atoms with Crippen molar-refractivity contribution in [2.45, 2.75) is 57.8 Å². The lowest BCUT2D eigenvalue weighted by atomic mass is 10.1. The van der Waals surface area contributed by atoms with Crippen molar-refractivity contribution in [3.8, 4) is 0 Å². The van der Waals surface area contributed by atoms with Crippen LogP contribution in [0.4, 0.5) is 0 Å². The Kier molecular flexibility index (Phi) is 5.28. The molecular formula is C18H28N2O. The van der Waals surface area contributed by atoms with E-state index in [-0.39, 0.29) is 0 Å². The average molecular weight is 288 g/mol. The van der Waals surface area contributed by atoms with Crippen LogP contribution in [0.5, 0.6) is 0 Å². The second kappa shape index (κ2) is 7.39. The molecule has 116 valence electrons. The van der Waals surface area contributed by atoms with Crippen molar-refractivity contribution in [1.82, 2.24) is 10.2 Å². The summed E-state index contributed by atoms with van der Waals surface area (Å²) in [7, 11) is 0. The molecule has 0 aromatic heterocycles. The summed E-state index contributed by atoms with van der Waals surface area (Å²) in [6.07, 6.45) is 5.62. The third-order valence-electron chi connectivity index (χ3n) is 4.43. The van der Waals surface area contributed by atoms with Gasteiger partial charge in [0.2, 0.25) is 0 Å². The maximum absolute atomic E-state index is 5.79. The third kappa shape index (κ3) is 4.80. The van der Waals surface area contributed by atoms with Crippen LogP contribution in [0, 0.1) is 0 Å². The second-order valence-electron chi connectivity index (χ2n) is 6.43. The Morgan fingerprint density at radius 3 is 2.90 bits per heavy atom. The van der Waals surface area contributed by atoms with Gasteiger partial charge in [0.1, 0.15) is 0 Å². The van der Waals surface area contributed by atoms with Crippen LogP contribution in [0.1, 0.15) is 43.7 Å². The first kappa shape index (κ1) is 15.0. The van der Waals surface area contributed by atoms with Gasteiger partial charge in [0.15, 0.2) is 0 Å². The van der Waals surface area contributed by atoms with Crippen LogP contribution in [0.2, 0.25) is 0 Å². The van der Waals surface area contributed by atoms with E-state index in [0.29, 0.717) is 6.10 Å². The maximum atomic E-state index is 5.79. The quantitative estimate of drug-likeness (QED) is 0.835. The Morgan fingerprint density at radius 2 is 2.10 bits per heavy atom. The second-order valence-corrected chi connectivity index (χ2v) is 6.43. The lowest BCUT2D eigenvalue weighted by Gasteiger charge is -2.32. The van der Waals surface area contributed by atoms with Gasteiger partial charge in [-0.1, -0.05) is 24.3 Å². The average Bonchev–Trinajstić information content (AvgIpc) is 3.31. The van der Waals surface area contributed by atoms with Crippen LogP contribution in [0.25, 0.3) is 0 Å². The lowest BCUT2D eigenvalue weighted by molar-refractivity contribution is 0.00363. The summed E-state index contributed by atoms with van der Waals surface area (Å²) in [4.78, 5) is 2.54. The molecule has 1 aliphatic carbocycles. The van der Waals surface area contributed by atoms with Crippen molar-refractivity contribution in [2.24, 2.45) is 0 Å². The Labute approximate surface area is 128 Å². The van der Waals surface area contributed by atoms with Crippen LogP contribution < -0.4 is 5.32 Å². The van der Waals surface area contributed by atoms with E-state index < -0.39 is 0 Å². The van der Waals surface area contributed by atoms with Gasteiger partial charge in [-0.2, -0.15) is 0 Å². The first-order chi connectivity index (χ1) is 10.3. The van der Waals surface area contributed by atoms with Gasteiger partial charge >= 0.3 is 0 Å². The van der Waals surface area contributed by atoms with Crippen molar-refractivity contribution >= 4 is 0 Å². The SMILES string of the molecule is CCOC1CCCN(Cc2cccc(CNC3CC3)c2)C1. The van der Waals surface area contributed by atoms with Gasteiger partial charge in [-0.25, -0.2) is 0 Å². The number of nitrogens with one attached hydrogen (secondary N) is 1. The molecule has 0 spiro atoms. The standard InChI is InChI=1S/C18H28N2O/c1-2-21-18-7-4-10-20(14-18)13-16-6-3-5-15(11-16)12-19-17-8-9-17/h3,5-6,11,17-19H,2,4,7-10,12-14H2,1H3. The van der Waals surface area contributed by atoms with Crippen LogP contribution in [0.15, 0.2) is 24.3 Å². The zero-order chi connectivity index (χ0) is 14.5. The van der Waals surface area contributed by atoms with Crippen molar-refractivity contribution in [3.05, 3.63) is 35.4 Å². The minimum atomic E-state index is 0.434. The Balaban J connectivity index is 1.52. The normalized spacial score (nSPS) is 23.4. The molecule has 3 heteroatoms. The molecule has 2 aliphatic rings. The molecule has 1 aliphatic heterocycles. The van der Waals surface area contributed by atoms with Crippen molar-refractivity contribution < 1.29 is 4.74 Å². The Hall–Kier alpha value is -0.900. The Morgan fingerprint density at radius 1 is 1.24 bits per heavy atom. The largest absolute Gasteiger partial charge is 0.377 e. The smallest absolute Gasteiger partial charge is 0.0702 e. The van der Waals surface area contributed by atoms with Gasteiger partial charge in [-0.05, 0) is 50.3 Å². The summed E-state index contributed by atoms with van der Waals surface area (Å²) in [5.41, 5.74) is 2.85. The molecule has 1 unspecified atom stereocenters. The molecule has 2 fully saturated rings. The van der Waals surface area contributed by atoms with E-state index in [9.17, 15) is 0 Å². The van der Waals surface area contributed by atoms with Crippen LogP contribution >= 0.6 is 0 Å². The van der Waals surface area contributed by atoms with Crippen molar-refractivity contribution in [3.63, 3.8) is 0 Å². The number of hydrogen-bond donors (Lipinski definition) is 1. The molecule has 3 rings (SSSR count). The molecule has 1 saturated carbocycles. The fraction of sp³-hybridized carbons (Fsp3) is 0.667. The highest BCUT2D eigenvalue weighted by atomic mass is 16.5. The van der Waals surface area contributed by atoms with E-state index >= 15 is 0 Å². The summed E-state index contributed by atoms with van der Waals surface area (Å²) < 4.78 is 5.79. The minimum absolute atomic E-state index is 0.434. The van der Waals surface area contributed by atoms with Gasteiger partial charge in [0.25, 0.3) is 0 Å². The van der Waals surface area contributed by atoms with E-state index in [2.05, 4.69) is 41.4 Å². The fourth-order valence-corrected chi connectivity index (χ4v) is 3.17. The monoisotopic (exact) mass is 288 g/mol. The third-order valence-corrected chi connectivity index (χ3v) is 4.43. The van der Waals surface area contributed by atoms with Crippen LogP contribution in [-0.4, -0.2) is 36.7 Å². The summed E-state index contributed by atoms with van der Waals surface area (Å²) in [5.74, 6) is 0. The van der Waals surface area contributed by atoms with Gasteiger partial charge in [0, 0.05) is 32.3 Å². The maximum Gasteiger partial charge on any atom is 0.0702 e. The molecule has 0 amide bonds. The molecule has 1 atom stereocenters. The molecular weight excluding hydrogens is 260 g/mol. The minimum Gasteiger partial charge on any atom is -0.377 e. The molecule has 1 heterocycles. The highest BCUT2D eigenvalue weighted by Gasteiger charge is 2.21. The molecule has 0 bridgehead atoms. The van der Waals surface area contributed by atoms with Gasteiger partial charge in [-0.3, -0.25) is 4.90 Å². The van der Waals surface area contributed by atoms with Gasteiger partial charge in [0.05, 0.1) is 6.10 Å². The number of hydrogen-bond acceptors (Lipinski definition) is 3. The van der Waals surface area contributed by atoms with E-state index in [1.807, 2.05) is 0 Å². The number of rotatable bonds is 7. The zero-order valence-electron chi connectivity index (χ0n) is 13.2. The van der Waals surface area contributed by atoms with Crippen molar-refractivity contribution in [2.75, 3.05) is 19.7 Å². The van der Waals surface area contributed by atoms with E-state index in [0.717, 1.165) is 32.3 Å². The zero-order valence-corrected chi connectivity index (χ0v) is 13.2. The lowest BCUT2D eigenvalue weighted by Crippen LogP contribution is -2.39. The van der Waals surface area contributed by atoms with Gasteiger partial charge in [-0.15, -0.1) is 0 Å². The molecule has 21 heavy (non-hydrogen) atoms. The Bertz CT molecular complexity index is 443. The topological polar surface area (TPSA) is 24.5 Å². The highest BCUT2D eigenvalue weighted by molar-refractivity contribution is 5.23. The number of benzene rings is 1. The van der Waals surface area contributed by atoms with E-state index in [1.165, 1.54) is 43.4 Å². The first-order valence-corrected chi connectivity index (χ1v) is 8.48. The molecule has 1 saturated heterocycles. The summed E-state index contributed by atoms with van der Waals surface area (Å²) in [6, 6.07) is 9.83. The molecule has 3 nitrogen and oxygen atoms in total. The fourth-order valence-electron chi connectivity index (χ4n) is 3.17. The predicted molar refractivity (Wildman–Crippen MR) is 86.2 cm³/mol. The van der Waals surface area contributed by atoms with Crippen LogP contribution in [0.3, 0.4) is 0 Å². The molecule has 0 radical (unpaired) electrons. The summed E-state index contributed by atoms with van der Waals surface area (Å²) >= 11 is 0. The number of ether oxygens (including phenoxy) is 1. The molecule has 1 N–H and O–H groups in total. The van der Waals surface area contributed by atoms with E-state index in [4.69, 9.17) is 4.74 Å². The van der Waals surface area contributed by atoms with Gasteiger partial charge < -0.3 is 10.1 Å². The number of piperidine rings is 1. The van der Waals surface area contributed by atoms with Crippen molar-refractivity contribution in [1.29, 1.82) is 0 Å². The summed E-state index contributed by atoms with van der Waals surface area (Å²) in [6.45, 7) is 7.28. The molecule has 1 aromatic carbocycles. The predicted octanol–water partition coefficient (Wildman–Crippen LogP) is 2.94. The number of nitrogens with zero attached hydrogens (tertiary/aromatic N) is 1. The first-order valence-electron chi connectivity index (χ1n) is 8.48. The van der Waals surface area contributed by atoms with Crippen LogP contribution in [-0.2, 0) is 17.8 Å². The number of likely N-dealkylation sites (tertiary alicyclic amines) is 1. The highest BCUT2D eigenvalue weighted by Crippen LogP contribution is 2.20. The molecule has 1 aromatic rings.